The summed E-state index contributed by atoms with van der Waals surface area (Å²) in [5.41, 5.74) is 1.37. The number of hydrogen-bond acceptors (Lipinski definition) is 8. The van der Waals surface area contributed by atoms with Crippen LogP contribution in [0.1, 0.15) is 67.3 Å². The Labute approximate surface area is 195 Å². The van der Waals surface area contributed by atoms with E-state index in [4.69, 9.17) is 9.47 Å². The van der Waals surface area contributed by atoms with Crippen LogP contribution < -0.4 is 5.32 Å². The van der Waals surface area contributed by atoms with Crippen LogP contribution in [0.4, 0.5) is 5.00 Å². The van der Waals surface area contributed by atoms with E-state index in [2.05, 4.69) is 5.32 Å². The molecule has 0 unspecified atom stereocenters. The van der Waals surface area contributed by atoms with E-state index in [9.17, 15) is 19.2 Å². The standard InChI is InChI=1S/C22H28N2O6S2/c1-12(2)30-21(28)18-13-6-4-5-7-15(13)32-19(18)23-16(25)10-29-20(27)14-11-31-22(3)9-8-17(26)24(14)22/h12,14H,4-11H2,1-3H3,(H,23,25)/t14-,22-/m0/s1. The number of carbonyl (C=O) groups is 4. The van der Waals surface area contributed by atoms with Crippen molar-refractivity contribution in [3.05, 3.63) is 16.0 Å². The number of fused-ring (bicyclic) bond motifs is 2. The molecule has 10 heteroatoms. The maximum absolute atomic E-state index is 12.7. The lowest BCUT2D eigenvalue weighted by molar-refractivity contribution is -0.155. The summed E-state index contributed by atoms with van der Waals surface area (Å²) in [4.78, 5) is 52.4. The lowest BCUT2D eigenvalue weighted by Gasteiger charge is -2.29. The highest BCUT2D eigenvalue weighted by molar-refractivity contribution is 8.01. The number of nitrogens with one attached hydrogen (secondary N) is 1. The maximum atomic E-state index is 12.7. The Hall–Kier alpha value is -2.07. The molecule has 32 heavy (non-hydrogen) atoms. The van der Waals surface area contributed by atoms with Crippen molar-refractivity contribution in [1.29, 1.82) is 0 Å². The molecule has 2 fully saturated rings. The van der Waals surface area contributed by atoms with Crippen LogP contribution in [0.2, 0.25) is 0 Å². The molecule has 2 saturated heterocycles. The second-order valence-corrected chi connectivity index (χ2v) is 11.4. The summed E-state index contributed by atoms with van der Waals surface area (Å²) in [5.74, 6) is -1.12. The monoisotopic (exact) mass is 480 g/mol. The zero-order valence-electron chi connectivity index (χ0n) is 18.5. The first-order chi connectivity index (χ1) is 15.2. The molecule has 2 amide bonds. The Morgan fingerprint density at radius 3 is 2.72 bits per heavy atom. The number of hydrogen-bond donors (Lipinski definition) is 1. The van der Waals surface area contributed by atoms with Crippen molar-refractivity contribution in [2.45, 2.75) is 76.3 Å². The number of rotatable bonds is 6. The van der Waals surface area contributed by atoms with E-state index in [1.807, 2.05) is 6.92 Å². The number of ether oxygens (including phenoxy) is 2. The second kappa shape index (κ2) is 9.05. The topological polar surface area (TPSA) is 102 Å². The summed E-state index contributed by atoms with van der Waals surface area (Å²) in [6, 6.07) is -0.668. The summed E-state index contributed by atoms with van der Waals surface area (Å²) in [6.07, 6.45) is 4.55. The summed E-state index contributed by atoms with van der Waals surface area (Å²) in [7, 11) is 0. The molecule has 174 valence electrons. The number of thiophene rings is 1. The zero-order valence-corrected chi connectivity index (χ0v) is 20.2. The number of carbonyl (C=O) groups excluding carboxylic acids is 4. The van der Waals surface area contributed by atoms with Gasteiger partial charge in [-0.05, 0) is 58.4 Å². The van der Waals surface area contributed by atoms with Gasteiger partial charge < -0.3 is 19.7 Å². The summed E-state index contributed by atoms with van der Waals surface area (Å²) >= 11 is 2.96. The molecule has 3 heterocycles. The molecule has 2 aliphatic heterocycles. The highest BCUT2D eigenvalue weighted by atomic mass is 32.2. The van der Waals surface area contributed by atoms with Crippen molar-refractivity contribution in [2.24, 2.45) is 0 Å². The molecule has 1 aromatic heterocycles. The van der Waals surface area contributed by atoms with Gasteiger partial charge in [0.2, 0.25) is 5.91 Å². The van der Waals surface area contributed by atoms with Crippen molar-refractivity contribution in [1.82, 2.24) is 4.90 Å². The fraction of sp³-hybridized carbons (Fsp3) is 0.636. The Bertz CT molecular complexity index is 958. The normalized spacial score (nSPS) is 24.3. The van der Waals surface area contributed by atoms with Crippen molar-refractivity contribution < 1.29 is 28.7 Å². The third-order valence-corrected chi connectivity index (χ3v) is 8.75. The molecule has 0 spiro atoms. The number of aryl methyl sites for hydroxylation is 1. The third kappa shape index (κ3) is 4.39. The number of anilines is 1. The van der Waals surface area contributed by atoms with Crippen LogP contribution in [0, 0.1) is 0 Å². The van der Waals surface area contributed by atoms with Crippen LogP contribution in [0.3, 0.4) is 0 Å². The molecule has 3 aliphatic rings. The molecule has 1 aliphatic carbocycles. The SMILES string of the molecule is CC(C)OC(=O)c1c(NC(=O)COC(=O)[C@@H]2CS[C@@]3(C)CCC(=O)N23)sc2c1CCCC2. The van der Waals surface area contributed by atoms with Gasteiger partial charge >= 0.3 is 11.9 Å². The molecule has 4 rings (SSSR count). The molecule has 0 radical (unpaired) electrons. The third-order valence-electron chi connectivity index (χ3n) is 6.03. The minimum absolute atomic E-state index is 0.0543. The Kier molecular flexibility index (Phi) is 6.53. The minimum atomic E-state index is -0.668. The van der Waals surface area contributed by atoms with Gasteiger partial charge in [0, 0.05) is 17.1 Å². The molecule has 8 nitrogen and oxygen atoms in total. The van der Waals surface area contributed by atoms with Crippen LogP contribution in [0.25, 0.3) is 0 Å². The Morgan fingerprint density at radius 2 is 1.97 bits per heavy atom. The summed E-state index contributed by atoms with van der Waals surface area (Å²) in [6.45, 7) is 5.05. The van der Waals surface area contributed by atoms with Gasteiger partial charge in [-0.25, -0.2) is 9.59 Å². The fourth-order valence-electron chi connectivity index (χ4n) is 4.53. The van der Waals surface area contributed by atoms with Crippen molar-refractivity contribution in [2.75, 3.05) is 17.7 Å². The first-order valence-corrected chi connectivity index (χ1v) is 12.8. The molecular formula is C22H28N2O6S2. The van der Waals surface area contributed by atoms with E-state index in [1.165, 1.54) is 11.3 Å². The fourth-order valence-corrected chi connectivity index (χ4v) is 7.24. The molecule has 0 aromatic carbocycles. The van der Waals surface area contributed by atoms with Gasteiger partial charge in [-0.15, -0.1) is 23.1 Å². The van der Waals surface area contributed by atoms with Gasteiger partial charge in [0.15, 0.2) is 6.61 Å². The van der Waals surface area contributed by atoms with Gasteiger partial charge in [0.1, 0.15) is 11.0 Å². The predicted octanol–water partition coefficient (Wildman–Crippen LogP) is 3.13. The number of esters is 2. The van der Waals surface area contributed by atoms with Crippen molar-refractivity contribution >= 4 is 51.9 Å². The average Bonchev–Trinajstić information content (AvgIpc) is 3.36. The Morgan fingerprint density at radius 1 is 1.22 bits per heavy atom. The van der Waals surface area contributed by atoms with E-state index in [0.29, 0.717) is 29.2 Å². The quantitative estimate of drug-likeness (QED) is 0.624. The van der Waals surface area contributed by atoms with E-state index in [0.717, 1.165) is 36.1 Å². The van der Waals surface area contributed by atoms with E-state index in [1.54, 1.807) is 30.5 Å². The van der Waals surface area contributed by atoms with Gasteiger partial charge in [-0.2, -0.15) is 0 Å². The van der Waals surface area contributed by atoms with Gasteiger partial charge in [0.25, 0.3) is 5.91 Å². The molecule has 0 saturated carbocycles. The number of thioether (sulfide) groups is 1. The van der Waals surface area contributed by atoms with Gasteiger partial charge in [0.05, 0.1) is 16.5 Å². The van der Waals surface area contributed by atoms with Crippen molar-refractivity contribution in [3.63, 3.8) is 0 Å². The van der Waals surface area contributed by atoms with Crippen molar-refractivity contribution in [3.8, 4) is 0 Å². The van der Waals surface area contributed by atoms with Crippen LogP contribution in [0.15, 0.2) is 0 Å². The van der Waals surface area contributed by atoms with Crippen LogP contribution in [-0.4, -0.2) is 58.0 Å². The minimum Gasteiger partial charge on any atom is -0.459 e. The van der Waals surface area contributed by atoms with Crippen LogP contribution in [0.5, 0.6) is 0 Å². The molecule has 2 atom stereocenters. The van der Waals surface area contributed by atoms with Crippen LogP contribution >= 0.6 is 23.1 Å². The first-order valence-electron chi connectivity index (χ1n) is 11.0. The van der Waals surface area contributed by atoms with Gasteiger partial charge in [-0.1, -0.05) is 0 Å². The highest BCUT2D eigenvalue weighted by Gasteiger charge is 2.53. The Balaban J connectivity index is 1.41. The lowest BCUT2D eigenvalue weighted by Crippen LogP contribution is -2.47. The second-order valence-electron chi connectivity index (χ2n) is 8.79. The molecule has 1 N–H and O–H groups in total. The highest BCUT2D eigenvalue weighted by Crippen LogP contribution is 2.47. The van der Waals surface area contributed by atoms with E-state index in [-0.39, 0.29) is 16.9 Å². The van der Waals surface area contributed by atoms with E-state index < -0.39 is 30.5 Å². The average molecular weight is 481 g/mol. The summed E-state index contributed by atoms with van der Waals surface area (Å²) in [5, 5.41) is 3.19. The molecule has 0 bridgehead atoms. The zero-order chi connectivity index (χ0) is 23.0. The predicted molar refractivity (Wildman–Crippen MR) is 122 cm³/mol. The molecular weight excluding hydrogens is 452 g/mol. The largest absolute Gasteiger partial charge is 0.459 e. The van der Waals surface area contributed by atoms with Gasteiger partial charge in [-0.3, -0.25) is 9.59 Å². The first kappa shape index (κ1) is 23.1. The lowest BCUT2D eigenvalue weighted by atomic mass is 9.95. The number of nitrogens with zero attached hydrogens (tertiary/aromatic N) is 1. The summed E-state index contributed by atoms with van der Waals surface area (Å²) < 4.78 is 10.7. The maximum Gasteiger partial charge on any atom is 0.341 e. The smallest absolute Gasteiger partial charge is 0.341 e. The number of amides is 2. The van der Waals surface area contributed by atoms with Crippen LogP contribution in [-0.2, 0) is 36.7 Å². The van der Waals surface area contributed by atoms with E-state index >= 15 is 0 Å². The molecule has 1 aromatic rings.